The average Bonchev–Trinajstić information content (AvgIpc) is 2.90. The van der Waals surface area contributed by atoms with Gasteiger partial charge in [-0.15, -0.1) is 0 Å². The van der Waals surface area contributed by atoms with Crippen molar-refractivity contribution in [1.29, 1.82) is 0 Å². The van der Waals surface area contributed by atoms with Crippen LogP contribution in [0.4, 0.5) is 0 Å². The molecule has 116 valence electrons. The standard InChI is InChI=1S/C16H18N2O4/c1-21-8-13(22-2)15-14-10(7-12(18-15)16(19)20)9-5-3-4-6-11(9)17-14/h3-6,12,17-18H,7-8H2,1-2H3,(H,19,20)/b15-13+. The molecule has 2 aromatic rings. The summed E-state index contributed by atoms with van der Waals surface area (Å²) in [7, 11) is 3.12. The van der Waals surface area contributed by atoms with Gasteiger partial charge >= 0.3 is 5.97 Å². The molecular formula is C16H18N2O4. The van der Waals surface area contributed by atoms with Gasteiger partial charge in [0.05, 0.1) is 18.5 Å². The summed E-state index contributed by atoms with van der Waals surface area (Å²) in [5, 5.41) is 13.5. The number of aliphatic carboxylic acids is 1. The van der Waals surface area contributed by atoms with Gasteiger partial charge in [-0.25, -0.2) is 4.79 Å². The Balaban J connectivity index is 2.22. The van der Waals surface area contributed by atoms with E-state index in [4.69, 9.17) is 9.47 Å². The maximum atomic E-state index is 11.5. The van der Waals surface area contributed by atoms with Gasteiger partial charge in [0, 0.05) is 24.4 Å². The Labute approximate surface area is 127 Å². The number of aromatic amines is 1. The lowest BCUT2D eigenvalue weighted by molar-refractivity contribution is -0.139. The fraction of sp³-hybridized carbons (Fsp3) is 0.312. The number of fused-ring (bicyclic) bond motifs is 3. The minimum Gasteiger partial charge on any atom is -0.496 e. The maximum absolute atomic E-state index is 11.5. The van der Waals surface area contributed by atoms with E-state index in [0.717, 1.165) is 22.2 Å². The van der Waals surface area contributed by atoms with Gasteiger partial charge in [-0.3, -0.25) is 0 Å². The molecule has 0 radical (unpaired) electrons. The molecule has 1 atom stereocenters. The molecule has 22 heavy (non-hydrogen) atoms. The van der Waals surface area contributed by atoms with Gasteiger partial charge in [0.2, 0.25) is 0 Å². The number of carbonyl (C=O) groups is 1. The second-order valence-corrected chi connectivity index (χ2v) is 5.20. The van der Waals surface area contributed by atoms with E-state index in [1.54, 1.807) is 14.2 Å². The summed E-state index contributed by atoms with van der Waals surface area (Å²) in [6.07, 6.45) is 0.419. The van der Waals surface area contributed by atoms with Gasteiger partial charge in [-0.05, 0) is 11.6 Å². The summed E-state index contributed by atoms with van der Waals surface area (Å²) >= 11 is 0. The Hall–Kier alpha value is -2.47. The summed E-state index contributed by atoms with van der Waals surface area (Å²) in [6, 6.07) is 7.18. The summed E-state index contributed by atoms with van der Waals surface area (Å²) in [4.78, 5) is 14.8. The van der Waals surface area contributed by atoms with Crippen molar-refractivity contribution in [2.75, 3.05) is 20.8 Å². The number of hydrogen-bond donors (Lipinski definition) is 3. The van der Waals surface area contributed by atoms with Crippen LogP contribution >= 0.6 is 0 Å². The van der Waals surface area contributed by atoms with Crippen LogP contribution in [0.3, 0.4) is 0 Å². The van der Waals surface area contributed by atoms with Crippen molar-refractivity contribution in [1.82, 2.24) is 10.3 Å². The summed E-state index contributed by atoms with van der Waals surface area (Å²) in [5.74, 6) is -0.317. The van der Waals surface area contributed by atoms with Crippen molar-refractivity contribution in [3.63, 3.8) is 0 Å². The number of aromatic nitrogens is 1. The molecule has 0 spiro atoms. The van der Waals surface area contributed by atoms with E-state index >= 15 is 0 Å². The largest absolute Gasteiger partial charge is 0.496 e. The summed E-state index contributed by atoms with van der Waals surface area (Å²) in [6.45, 7) is 0.264. The Morgan fingerprint density at radius 3 is 2.82 bits per heavy atom. The molecule has 6 nitrogen and oxygen atoms in total. The van der Waals surface area contributed by atoms with Crippen LogP contribution in [0.5, 0.6) is 0 Å². The summed E-state index contributed by atoms with van der Waals surface area (Å²) < 4.78 is 10.5. The predicted molar refractivity (Wildman–Crippen MR) is 82.4 cm³/mol. The third kappa shape index (κ3) is 2.31. The van der Waals surface area contributed by atoms with Crippen molar-refractivity contribution in [3.05, 3.63) is 41.3 Å². The van der Waals surface area contributed by atoms with Crippen LogP contribution in [-0.4, -0.2) is 42.9 Å². The fourth-order valence-corrected chi connectivity index (χ4v) is 2.86. The molecule has 0 fully saturated rings. The zero-order chi connectivity index (χ0) is 15.7. The van der Waals surface area contributed by atoms with E-state index in [1.807, 2.05) is 24.3 Å². The number of benzene rings is 1. The Morgan fingerprint density at radius 2 is 2.14 bits per heavy atom. The zero-order valence-corrected chi connectivity index (χ0v) is 12.5. The van der Waals surface area contributed by atoms with Crippen molar-refractivity contribution in [2.24, 2.45) is 0 Å². The monoisotopic (exact) mass is 302 g/mol. The molecule has 0 amide bonds. The first-order chi connectivity index (χ1) is 10.7. The fourth-order valence-electron chi connectivity index (χ4n) is 2.86. The minimum atomic E-state index is -0.888. The van der Waals surface area contributed by atoms with E-state index in [-0.39, 0.29) is 6.61 Å². The maximum Gasteiger partial charge on any atom is 0.326 e. The van der Waals surface area contributed by atoms with Gasteiger partial charge in [0.25, 0.3) is 0 Å². The molecule has 1 aliphatic rings. The third-order valence-corrected chi connectivity index (χ3v) is 3.89. The molecule has 2 heterocycles. The number of ether oxygens (including phenoxy) is 2. The van der Waals surface area contributed by atoms with Crippen LogP contribution in [0, 0.1) is 0 Å². The number of nitrogens with one attached hydrogen (secondary N) is 2. The number of carboxylic acids is 1. The van der Waals surface area contributed by atoms with Crippen molar-refractivity contribution in [3.8, 4) is 0 Å². The van der Waals surface area contributed by atoms with E-state index < -0.39 is 12.0 Å². The Bertz CT molecular complexity index is 748. The van der Waals surface area contributed by atoms with Crippen LogP contribution in [0.25, 0.3) is 16.6 Å². The van der Waals surface area contributed by atoms with Gasteiger partial charge < -0.3 is 24.9 Å². The zero-order valence-electron chi connectivity index (χ0n) is 12.5. The van der Waals surface area contributed by atoms with Crippen LogP contribution in [0.15, 0.2) is 30.0 Å². The second-order valence-electron chi connectivity index (χ2n) is 5.20. The SMILES string of the molecule is COC/C(OC)=C1\NC(C(=O)O)Cc2c1[nH]c1ccccc21. The minimum absolute atomic E-state index is 0.264. The first-order valence-corrected chi connectivity index (χ1v) is 7.01. The molecule has 3 N–H and O–H groups in total. The Morgan fingerprint density at radius 1 is 1.36 bits per heavy atom. The molecular weight excluding hydrogens is 284 g/mol. The van der Waals surface area contributed by atoms with E-state index in [2.05, 4.69) is 10.3 Å². The summed E-state index contributed by atoms with van der Waals surface area (Å²) in [5.41, 5.74) is 3.48. The molecule has 0 saturated heterocycles. The molecule has 1 aromatic heterocycles. The van der Waals surface area contributed by atoms with Gasteiger partial charge in [0.15, 0.2) is 0 Å². The number of para-hydroxylation sites is 1. The second kappa shape index (κ2) is 5.73. The van der Waals surface area contributed by atoms with Crippen LogP contribution in [0.1, 0.15) is 11.3 Å². The number of methoxy groups -OCH3 is 2. The van der Waals surface area contributed by atoms with Crippen molar-refractivity contribution in [2.45, 2.75) is 12.5 Å². The molecule has 3 rings (SSSR count). The molecule has 0 saturated carbocycles. The number of rotatable bonds is 4. The highest BCUT2D eigenvalue weighted by Gasteiger charge is 2.31. The highest BCUT2D eigenvalue weighted by molar-refractivity contribution is 5.92. The van der Waals surface area contributed by atoms with Gasteiger partial charge in [0.1, 0.15) is 18.4 Å². The van der Waals surface area contributed by atoms with Crippen LogP contribution < -0.4 is 5.32 Å². The number of hydrogen-bond acceptors (Lipinski definition) is 4. The quantitative estimate of drug-likeness (QED) is 0.749. The number of H-pyrrole nitrogens is 1. The Kier molecular flexibility index (Phi) is 3.77. The van der Waals surface area contributed by atoms with Crippen molar-refractivity contribution >= 4 is 22.6 Å². The molecule has 1 aromatic carbocycles. The molecule has 0 bridgehead atoms. The van der Waals surface area contributed by atoms with Crippen molar-refractivity contribution < 1.29 is 19.4 Å². The number of carboxylic acid groups (broad SMARTS) is 1. The van der Waals surface area contributed by atoms with Gasteiger partial charge in [-0.2, -0.15) is 0 Å². The highest BCUT2D eigenvalue weighted by Crippen LogP contribution is 2.33. The predicted octanol–water partition coefficient (Wildman–Crippen LogP) is 1.73. The molecule has 1 aliphatic heterocycles. The van der Waals surface area contributed by atoms with E-state index in [0.29, 0.717) is 17.9 Å². The smallest absolute Gasteiger partial charge is 0.326 e. The lowest BCUT2D eigenvalue weighted by Crippen LogP contribution is -2.41. The lowest BCUT2D eigenvalue weighted by Gasteiger charge is -2.26. The topological polar surface area (TPSA) is 83.6 Å². The van der Waals surface area contributed by atoms with Crippen LogP contribution in [0.2, 0.25) is 0 Å². The van der Waals surface area contributed by atoms with E-state index in [1.165, 1.54) is 0 Å². The lowest BCUT2D eigenvalue weighted by atomic mass is 9.96. The highest BCUT2D eigenvalue weighted by atomic mass is 16.5. The first-order valence-electron chi connectivity index (χ1n) is 7.01. The molecule has 1 unspecified atom stereocenters. The van der Waals surface area contributed by atoms with Crippen LogP contribution in [-0.2, 0) is 20.7 Å². The average molecular weight is 302 g/mol. The molecule has 6 heteroatoms. The normalized spacial score (nSPS) is 19.5. The third-order valence-electron chi connectivity index (χ3n) is 3.89. The van der Waals surface area contributed by atoms with E-state index in [9.17, 15) is 9.90 Å². The van der Waals surface area contributed by atoms with Gasteiger partial charge in [-0.1, -0.05) is 18.2 Å². The molecule has 0 aliphatic carbocycles. The first kappa shape index (κ1) is 14.5.